The van der Waals surface area contributed by atoms with Crippen LogP contribution in [-0.2, 0) is 10.3 Å². The number of aromatic carboxylic acids is 1. The summed E-state index contributed by atoms with van der Waals surface area (Å²) in [7, 11) is 0. The molecule has 0 aliphatic carbocycles. The van der Waals surface area contributed by atoms with Crippen LogP contribution in [-0.4, -0.2) is 32.2 Å². The molecule has 128 valence electrons. The maximum absolute atomic E-state index is 12.4. The second-order valence-corrected chi connectivity index (χ2v) is 5.33. The third-order valence-electron chi connectivity index (χ3n) is 4.10. The minimum atomic E-state index is -1.50. The predicted octanol–water partition coefficient (Wildman–Crippen LogP) is 3.00. The highest BCUT2D eigenvalue weighted by atomic mass is 16.6. The van der Waals surface area contributed by atoms with Gasteiger partial charge in [-0.1, -0.05) is 44.2 Å². The molecule has 0 fully saturated rings. The molecule has 0 atom stereocenters. The van der Waals surface area contributed by atoms with Gasteiger partial charge in [0.05, 0.1) is 0 Å². The molecule has 1 aromatic heterocycles. The van der Waals surface area contributed by atoms with E-state index in [1.807, 2.05) is 44.2 Å². The van der Waals surface area contributed by atoms with Crippen LogP contribution >= 0.6 is 0 Å². The number of carbonyl (C=O) groups is 2. The molecule has 2 aromatic rings. The van der Waals surface area contributed by atoms with Crippen molar-refractivity contribution in [3.63, 3.8) is 0 Å². The summed E-state index contributed by atoms with van der Waals surface area (Å²) in [6.07, 6.45) is 0.969. The van der Waals surface area contributed by atoms with E-state index in [1.54, 1.807) is 0 Å². The van der Waals surface area contributed by atoms with Gasteiger partial charge in [-0.05, 0) is 18.4 Å². The number of ether oxygens (including phenoxy) is 1. The van der Waals surface area contributed by atoms with Gasteiger partial charge in [-0.3, -0.25) is 0 Å². The molecule has 0 amide bonds. The number of aromatic hydroxyl groups is 2. The van der Waals surface area contributed by atoms with Crippen molar-refractivity contribution in [3.05, 3.63) is 47.3 Å². The van der Waals surface area contributed by atoms with Crippen molar-refractivity contribution in [2.24, 2.45) is 0 Å². The number of carbonyl (C=O) groups excluding carboxylic acids is 1. The van der Waals surface area contributed by atoms with Crippen molar-refractivity contribution in [2.45, 2.75) is 32.3 Å². The number of aromatic nitrogens is 1. The highest BCUT2D eigenvalue weighted by molar-refractivity contribution is 5.98. The number of H-pyrrole nitrogens is 1. The van der Waals surface area contributed by atoms with Crippen LogP contribution in [0, 0.1) is 0 Å². The molecule has 7 nitrogen and oxygen atoms in total. The molecule has 0 bridgehead atoms. The van der Waals surface area contributed by atoms with Gasteiger partial charge in [0.15, 0.2) is 22.9 Å². The van der Waals surface area contributed by atoms with E-state index < -0.39 is 40.4 Å². The molecular weight excluding hydrogens is 314 g/mol. The van der Waals surface area contributed by atoms with Crippen LogP contribution in [0.3, 0.4) is 0 Å². The molecule has 0 saturated heterocycles. The van der Waals surface area contributed by atoms with Crippen molar-refractivity contribution in [1.82, 2.24) is 4.98 Å². The first kappa shape index (κ1) is 17.4. The summed E-state index contributed by atoms with van der Waals surface area (Å²) < 4.78 is 5.60. The van der Waals surface area contributed by atoms with Crippen molar-refractivity contribution >= 4 is 11.9 Å². The highest BCUT2D eigenvalue weighted by Gasteiger charge is 2.35. The van der Waals surface area contributed by atoms with Crippen molar-refractivity contribution in [2.75, 3.05) is 0 Å². The monoisotopic (exact) mass is 333 g/mol. The standard InChI is InChI=1S/C17H19NO6/c1-3-17(4-2,10-8-6-5-7-9-10)24-16(23)12-14(20)13(19)11(18-12)15(21)22/h5-9,18-20H,3-4H2,1-2H3,(H,21,22). The molecule has 4 N–H and O–H groups in total. The molecule has 0 aliphatic heterocycles. The number of benzene rings is 1. The van der Waals surface area contributed by atoms with E-state index in [-0.39, 0.29) is 0 Å². The van der Waals surface area contributed by atoms with Crippen LogP contribution in [0.25, 0.3) is 0 Å². The number of carboxylic acids is 1. The van der Waals surface area contributed by atoms with E-state index in [4.69, 9.17) is 9.84 Å². The van der Waals surface area contributed by atoms with Crippen LogP contribution in [0.15, 0.2) is 30.3 Å². The molecule has 2 rings (SSSR count). The Morgan fingerprint density at radius 3 is 2.04 bits per heavy atom. The summed E-state index contributed by atoms with van der Waals surface area (Å²) in [5.41, 5.74) is -1.29. The van der Waals surface area contributed by atoms with Gasteiger partial charge >= 0.3 is 11.9 Å². The molecule has 0 aliphatic rings. The third-order valence-corrected chi connectivity index (χ3v) is 4.10. The Labute approximate surface area is 138 Å². The topological polar surface area (TPSA) is 120 Å². The first-order valence-electron chi connectivity index (χ1n) is 7.52. The average Bonchev–Trinajstić information content (AvgIpc) is 2.89. The van der Waals surface area contributed by atoms with Crippen molar-refractivity contribution < 1.29 is 29.6 Å². The summed E-state index contributed by atoms with van der Waals surface area (Å²) in [5, 5.41) is 28.3. The molecule has 7 heteroatoms. The largest absolute Gasteiger partial charge is 0.503 e. The van der Waals surface area contributed by atoms with Crippen LogP contribution < -0.4 is 0 Å². The average molecular weight is 333 g/mol. The van der Waals surface area contributed by atoms with Gasteiger partial charge in [0.25, 0.3) is 0 Å². The fourth-order valence-corrected chi connectivity index (χ4v) is 2.61. The van der Waals surface area contributed by atoms with Gasteiger partial charge in [0, 0.05) is 0 Å². The fourth-order valence-electron chi connectivity index (χ4n) is 2.61. The highest BCUT2D eigenvalue weighted by Crippen LogP contribution is 2.37. The van der Waals surface area contributed by atoms with Crippen LogP contribution in [0.2, 0.25) is 0 Å². The lowest BCUT2D eigenvalue weighted by Crippen LogP contribution is -2.31. The molecule has 0 unspecified atom stereocenters. The number of hydrogen-bond donors (Lipinski definition) is 4. The van der Waals surface area contributed by atoms with Crippen LogP contribution in [0.1, 0.15) is 53.2 Å². The van der Waals surface area contributed by atoms with Crippen molar-refractivity contribution in [3.8, 4) is 11.5 Å². The third kappa shape index (κ3) is 2.92. The van der Waals surface area contributed by atoms with Gasteiger partial charge < -0.3 is 25.0 Å². The normalized spacial score (nSPS) is 11.2. The molecule has 0 spiro atoms. The second-order valence-electron chi connectivity index (χ2n) is 5.33. The van der Waals surface area contributed by atoms with E-state index in [0.717, 1.165) is 5.56 Å². The maximum Gasteiger partial charge on any atom is 0.359 e. The lowest BCUT2D eigenvalue weighted by atomic mass is 9.88. The molecule has 1 aromatic carbocycles. The molecule has 0 saturated carbocycles. The minimum Gasteiger partial charge on any atom is -0.503 e. The van der Waals surface area contributed by atoms with Gasteiger partial charge in [0.2, 0.25) is 0 Å². The first-order valence-corrected chi connectivity index (χ1v) is 7.52. The lowest BCUT2D eigenvalue weighted by molar-refractivity contribution is -0.0271. The quantitative estimate of drug-likeness (QED) is 0.603. The van der Waals surface area contributed by atoms with Gasteiger partial charge in [-0.15, -0.1) is 0 Å². The zero-order valence-electron chi connectivity index (χ0n) is 13.4. The zero-order chi connectivity index (χ0) is 17.9. The van der Waals surface area contributed by atoms with E-state index in [1.165, 1.54) is 0 Å². The number of carboxylic acid groups (broad SMARTS) is 1. The second kappa shape index (κ2) is 6.66. The van der Waals surface area contributed by atoms with E-state index in [0.29, 0.717) is 12.8 Å². The van der Waals surface area contributed by atoms with E-state index >= 15 is 0 Å². The summed E-state index contributed by atoms with van der Waals surface area (Å²) in [5.74, 6) is -4.18. The zero-order valence-corrected chi connectivity index (χ0v) is 13.4. The summed E-state index contributed by atoms with van der Waals surface area (Å²) in [6.45, 7) is 3.72. The van der Waals surface area contributed by atoms with Gasteiger partial charge in [0.1, 0.15) is 5.60 Å². The Kier molecular flexibility index (Phi) is 4.82. The molecular formula is C17H19NO6. The molecule has 0 radical (unpaired) electrons. The Morgan fingerprint density at radius 2 is 1.58 bits per heavy atom. The Balaban J connectivity index is 2.40. The van der Waals surface area contributed by atoms with Gasteiger partial charge in [-0.2, -0.15) is 0 Å². The predicted molar refractivity (Wildman–Crippen MR) is 85.2 cm³/mol. The number of hydrogen-bond acceptors (Lipinski definition) is 5. The van der Waals surface area contributed by atoms with E-state index in [2.05, 4.69) is 4.98 Å². The van der Waals surface area contributed by atoms with Crippen LogP contribution in [0.5, 0.6) is 11.5 Å². The van der Waals surface area contributed by atoms with Gasteiger partial charge in [-0.25, -0.2) is 9.59 Å². The fraction of sp³-hybridized carbons (Fsp3) is 0.294. The Bertz CT molecular complexity index is 746. The number of esters is 1. The lowest BCUT2D eigenvalue weighted by Gasteiger charge is -2.32. The minimum absolute atomic E-state index is 0.485. The van der Waals surface area contributed by atoms with E-state index in [9.17, 15) is 19.8 Å². The maximum atomic E-state index is 12.4. The SMILES string of the molecule is CCC(CC)(OC(=O)c1[nH]c(C(=O)O)c(O)c1O)c1ccccc1. The van der Waals surface area contributed by atoms with Crippen LogP contribution in [0.4, 0.5) is 0 Å². The smallest absolute Gasteiger partial charge is 0.359 e. The van der Waals surface area contributed by atoms with Crippen molar-refractivity contribution in [1.29, 1.82) is 0 Å². The first-order chi connectivity index (χ1) is 11.4. The number of rotatable bonds is 6. The molecule has 24 heavy (non-hydrogen) atoms. The number of nitrogens with one attached hydrogen (secondary N) is 1. The molecule has 1 heterocycles. The summed E-state index contributed by atoms with van der Waals surface area (Å²) >= 11 is 0. The summed E-state index contributed by atoms with van der Waals surface area (Å²) in [4.78, 5) is 25.6. The Hall–Kier alpha value is -2.96. The summed E-state index contributed by atoms with van der Waals surface area (Å²) in [6, 6.07) is 9.15. The number of aromatic amines is 1. The Morgan fingerprint density at radius 1 is 1.04 bits per heavy atom.